The smallest absolute Gasteiger partial charge is 0.255 e. The first-order valence-electron chi connectivity index (χ1n) is 19.3. The number of imide groups is 1. The SMILES string of the molecule is CC1(C)C(NC(=O)c2ccc(N3CCC(CN4Cc5cc6c(cc5C4)C(=O)N([C@@H]4CCC(=O)NC4=O)C6)CC3)cc2)C(C)(C)C1Oc1ccc(C#N)c(Cl)c1. The molecule has 1 aliphatic carbocycles. The topological polar surface area (TPSA) is 135 Å². The van der Waals surface area contributed by atoms with Crippen molar-refractivity contribution in [1.82, 2.24) is 20.4 Å². The summed E-state index contributed by atoms with van der Waals surface area (Å²) in [6, 6.07) is 18.6. The number of ether oxygens (including phenoxy) is 1. The molecule has 0 radical (unpaired) electrons. The molecule has 55 heavy (non-hydrogen) atoms. The quantitative estimate of drug-likeness (QED) is 0.275. The lowest BCUT2D eigenvalue weighted by molar-refractivity contribution is -0.164. The van der Waals surface area contributed by atoms with Gasteiger partial charge >= 0.3 is 0 Å². The van der Waals surface area contributed by atoms with E-state index in [9.17, 15) is 24.4 Å². The van der Waals surface area contributed by atoms with Crippen LogP contribution in [0.15, 0.2) is 54.6 Å². The predicted octanol–water partition coefficient (Wildman–Crippen LogP) is 5.82. The monoisotopic (exact) mass is 762 g/mol. The largest absolute Gasteiger partial charge is 0.489 e. The van der Waals surface area contributed by atoms with E-state index in [-0.39, 0.29) is 53.0 Å². The van der Waals surface area contributed by atoms with Crippen LogP contribution in [-0.4, -0.2) is 71.3 Å². The Hall–Kier alpha value is -4.92. The van der Waals surface area contributed by atoms with Crippen molar-refractivity contribution < 1.29 is 23.9 Å². The van der Waals surface area contributed by atoms with E-state index >= 15 is 0 Å². The van der Waals surface area contributed by atoms with E-state index in [4.69, 9.17) is 16.3 Å². The Morgan fingerprint density at radius 1 is 0.927 bits per heavy atom. The molecule has 2 N–H and O–H groups in total. The molecule has 3 aromatic carbocycles. The van der Waals surface area contributed by atoms with Crippen molar-refractivity contribution in [3.8, 4) is 11.8 Å². The molecule has 0 bridgehead atoms. The average Bonchev–Trinajstić information content (AvgIpc) is 3.70. The third kappa shape index (κ3) is 6.74. The molecule has 0 aromatic heterocycles. The number of nitriles is 1. The number of hydrogen-bond donors (Lipinski definition) is 2. The van der Waals surface area contributed by atoms with Gasteiger partial charge in [-0.2, -0.15) is 5.26 Å². The highest BCUT2D eigenvalue weighted by Gasteiger charge is 2.64. The van der Waals surface area contributed by atoms with E-state index in [1.54, 1.807) is 23.1 Å². The highest BCUT2D eigenvalue weighted by atomic mass is 35.5. The van der Waals surface area contributed by atoms with E-state index in [0.29, 0.717) is 46.3 Å². The molecule has 3 fully saturated rings. The van der Waals surface area contributed by atoms with Crippen LogP contribution in [0.25, 0.3) is 0 Å². The number of hydrogen-bond acceptors (Lipinski definition) is 8. The molecule has 8 rings (SSSR count). The summed E-state index contributed by atoms with van der Waals surface area (Å²) in [5.41, 5.74) is 5.54. The van der Waals surface area contributed by atoms with Crippen LogP contribution in [0.4, 0.5) is 5.69 Å². The van der Waals surface area contributed by atoms with Crippen LogP contribution in [-0.2, 0) is 29.2 Å². The lowest BCUT2D eigenvalue weighted by Crippen LogP contribution is -2.74. The van der Waals surface area contributed by atoms with Gasteiger partial charge in [0.1, 0.15) is 24.0 Å². The standard InChI is InChI=1S/C43H47ClN6O5/c1-42(2)40(43(3,4)41(42)55-32-10-7-27(20-45)34(44)19-32)47-37(52)26-5-8-31(9-6-26)49-15-13-25(14-16-49)21-48-22-28-17-30-24-50(35-11-12-36(51)46-38(35)53)39(54)33(30)18-29(28)23-48/h5-10,17-19,25,35,40-41H,11-16,21-24H2,1-4H3,(H,47,52)(H,46,51,53)/t35-,40?,41?/m1/s1. The second-order valence-electron chi connectivity index (χ2n) is 17.1. The Balaban J connectivity index is 0.812. The first-order valence-corrected chi connectivity index (χ1v) is 19.6. The maximum absolute atomic E-state index is 13.5. The van der Waals surface area contributed by atoms with Crippen molar-refractivity contribution in [3.63, 3.8) is 0 Å². The molecule has 4 aliphatic heterocycles. The molecule has 1 atom stereocenters. The van der Waals surface area contributed by atoms with Gasteiger partial charge in [-0.3, -0.25) is 29.4 Å². The fraction of sp³-hybridized carbons (Fsp3) is 0.465. The number of fused-ring (bicyclic) bond motifs is 2. The van der Waals surface area contributed by atoms with Gasteiger partial charge in [0.15, 0.2) is 0 Å². The molecule has 0 spiro atoms. The summed E-state index contributed by atoms with van der Waals surface area (Å²) in [5, 5.41) is 15.2. The number of nitrogens with zero attached hydrogens (tertiary/aromatic N) is 4. The van der Waals surface area contributed by atoms with Crippen LogP contribution in [0.3, 0.4) is 0 Å². The Morgan fingerprint density at radius 2 is 1.62 bits per heavy atom. The van der Waals surface area contributed by atoms with Gasteiger partial charge in [-0.1, -0.05) is 45.4 Å². The van der Waals surface area contributed by atoms with Crippen molar-refractivity contribution in [3.05, 3.63) is 93.0 Å². The lowest BCUT2D eigenvalue weighted by Gasteiger charge is -2.63. The number of benzene rings is 3. The third-order valence-corrected chi connectivity index (χ3v) is 13.0. The fourth-order valence-corrected chi connectivity index (χ4v) is 10.3. The van der Waals surface area contributed by atoms with Crippen LogP contribution < -0.4 is 20.3 Å². The Bertz CT molecular complexity index is 2100. The van der Waals surface area contributed by atoms with Gasteiger partial charge in [0.2, 0.25) is 11.8 Å². The van der Waals surface area contributed by atoms with E-state index in [1.165, 1.54) is 11.1 Å². The number of carbonyl (C=O) groups is 4. The van der Waals surface area contributed by atoms with Gasteiger partial charge in [0.25, 0.3) is 11.8 Å². The van der Waals surface area contributed by atoms with Crippen molar-refractivity contribution in [2.75, 3.05) is 24.5 Å². The molecule has 5 aliphatic rings. The Labute approximate surface area is 326 Å². The summed E-state index contributed by atoms with van der Waals surface area (Å²) >= 11 is 6.25. The predicted molar refractivity (Wildman–Crippen MR) is 207 cm³/mol. The van der Waals surface area contributed by atoms with E-state index in [0.717, 1.165) is 56.8 Å². The lowest BCUT2D eigenvalue weighted by atomic mass is 9.49. The van der Waals surface area contributed by atoms with Gasteiger partial charge in [0.05, 0.1) is 10.6 Å². The van der Waals surface area contributed by atoms with Crippen LogP contribution in [0.1, 0.15) is 96.3 Å². The van der Waals surface area contributed by atoms with Gasteiger partial charge in [-0.15, -0.1) is 0 Å². The normalized spacial score (nSPS) is 24.4. The minimum atomic E-state index is -0.594. The second-order valence-corrected chi connectivity index (χ2v) is 17.5. The number of nitrogens with one attached hydrogen (secondary N) is 2. The first kappa shape index (κ1) is 37.0. The van der Waals surface area contributed by atoms with Crippen molar-refractivity contribution in [2.45, 2.75) is 91.2 Å². The number of anilines is 1. The minimum Gasteiger partial charge on any atom is -0.489 e. The van der Waals surface area contributed by atoms with Gasteiger partial charge in [0, 0.05) is 85.4 Å². The van der Waals surface area contributed by atoms with Crippen LogP contribution in [0, 0.1) is 28.1 Å². The molecule has 11 nitrogen and oxygen atoms in total. The van der Waals surface area contributed by atoms with Gasteiger partial charge in [-0.05, 0) is 84.3 Å². The van der Waals surface area contributed by atoms with E-state index < -0.39 is 6.04 Å². The Morgan fingerprint density at radius 3 is 2.27 bits per heavy atom. The fourth-order valence-electron chi connectivity index (χ4n) is 10.0. The maximum Gasteiger partial charge on any atom is 0.255 e. The van der Waals surface area contributed by atoms with Crippen molar-refractivity contribution >= 4 is 40.9 Å². The third-order valence-electron chi connectivity index (χ3n) is 12.7. The Kier molecular flexibility index (Phi) is 9.41. The molecule has 12 heteroatoms. The molecular formula is C43H47ClN6O5. The highest BCUT2D eigenvalue weighted by Crippen LogP contribution is 2.55. The van der Waals surface area contributed by atoms with Crippen LogP contribution in [0.5, 0.6) is 5.75 Å². The molecule has 2 saturated heterocycles. The molecular weight excluding hydrogens is 716 g/mol. The number of piperidine rings is 2. The summed E-state index contributed by atoms with van der Waals surface area (Å²) in [6.07, 6.45) is 2.61. The summed E-state index contributed by atoms with van der Waals surface area (Å²) in [5.74, 6) is 0.290. The average molecular weight is 763 g/mol. The molecule has 0 unspecified atom stereocenters. The summed E-state index contributed by atoms with van der Waals surface area (Å²) < 4.78 is 6.38. The number of halogens is 1. The minimum absolute atomic E-state index is 0.107. The molecule has 4 heterocycles. The molecule has 286 valence electrons. The molecule has 3 aromatic rings. The first-order chi connectivity index (χ1) is 26.2. The van der Waals surface area contributed by atoms with E-state index in [2.05, 4.69) is 60.3 Å². The number of carbonyl (C=O) groups excluding carboxylic acids is 4. The molecule has 4 amide bonds. The maximum atomic E-state index is 13.5. The van der Waals surface area contributed by atoms with Crippen molar-refractivity contribution in [2.24, 2.45) is 16.7 Å². The van der Waals surface area contributed by atoms with Gasteiger partial charge in [-0.25, -0.2) is 0 Å². The zero-order chi connectivity index (χ0) is 38.8. The van der Waals surface area contributed by atoms with Crippen LogP contribution in [0.2, 0.25) is 5.02 Å². The molecule has 1 saturated carbocycles. The summed E-state index contributed by atoms with van der Waals surface area (Å²) in [4.78, 5) is 57.4. The highest BCUT2D eigenvalue weighted by molar-refractivity contribution is 6.31. The number of amides is 4. The summed E-state index contributed by atoms with van der Waals surface area (Å²) in [7, 11) is 0. The van der Waals surface area contributed by atoms with Gasteiger partial charge < -0.3 is 19.9 Å². The van der Waals surface area contributed by atoms with Crippen molar-refractivity contribution in [1.29, 1.82) is 5.26 Å². The zero-order valence-electron chi connectivity index (χ0n) is 31.8. The van der Waals surface area contributed by atoms with E-state index in [1.807, 2.05) is 30.3 Å². The second kappa shape index (κ2) is 14.0. The number of rotatable bonds is 8. The summed E-state index contributed by atoms with van der Waals surface area (Å²) in [6.45, 7) is 13.4. The van der Waals surface area contributed by atoms with Crippen LogP contribution >= 0.6 is 11.6 Å². The zero-order valence-corrected chi connectivity index (χ0v) is 32.5.